The van der Waals surface area contributed by atoms with E-state index in [1.807, 2.05) is 0 Å². The lowest BCUT2D eigenvalue weighted by molar-refractivity contribution is -0.147. The van der Waals surface area contributed by atoms with Crippen molar-refractivity contribution in [2.24, 2.45) is 5.92 Å². The topological polar surface area (TPSA) is 92.5 Å². The Bertz CT molecular complexity index is 1490. The second-order valence-corrected chi connectivity index (χ2v) is 11.1. The molecule has 2 aromatic carbocycles. The van der Waals surface area contributed by atoms with Crippen molar-refractivity contribution >= 4 is 52.5 Å². The van der Waals surface area contributed by atoms with Gasteiger partial charge in [0.05, 0.1) is 45.9 Å². The molecular formula is C27H21Cl3F5N3O4. The molecule has 0 aliphatic heterocycles. The molecule has 7 nitrogen and oxygen atoms in total. The molecule has 1 heterocycles. The SMILES string of the molecule is O=C(CN(Cc1cc(F)cc(F)c1)C(=O)c1cnn(C2CCC(C(=O)O)CC2)c1C(F)(F)F)c1c(Cl)cc(Cl)cc1Cl. The van der Waals surface area contributed by atoms with Crippen molar-refractivity contribution in [1.82, 2.24) is 14.7 Å². The molecule has 42 heavy (non-hydrogen) atoms. The van der Waals surface area contributed by atoms with Gasteiger partial charge in [-0.05, 0) is 55.5 Å². The van der Waals surface area contributed by atoms with Crippen LogP contribution in [0.15, 0.2) is 36.5 Å². The average Bonchev–Trinajstić information content (AvgIpc) is 3.33. The number of hydrogen-bond acceptors (Lipinski definition) is 4. The van der Waals surface area contributed by atoms with E-state index in [1.54, 1.807) is 0 Å². The normalized spacial score (nSPS) is 17.2. The minimum Gasteiger partial charge on any atom is -0.481 e. The first kappa shape index (κ1) is 31.7. The number of benzene rings is 2. The number of Topliss-reactive ketones (excluding diaryl/α,β-unsaturated/α-hetero) is 1. The predicted octanol–water partition coefficient (Wildman–Crippen LogP) is 7.48. The van der Waals surface area contributed by atoms with Crippen molar-refractivity contribution in [2.75, 3.05) is 6.54 Å². The van der Waals surface area contributed by atoms with Crippen molar-refractivity contribution in [2.45, 2.75) is 44.4 Å². The Morgan fingerprint density at radius 3 is 2.05 bits per heavy atom. The van der Waals surface area contributed by atoms with Crippen molar-refractivity contribution in [3.63, 3.8) is 0 Å². The molecule has 1 aliphatic carbocycles. The molecule has 1 N–H and O–H groups in total. The Kier molecular flexibility index (Phi) is 9.49. The summed E-state index contributed by atoms with van der Waals surface area (Å²) in [6.07, 6.45) is -3.97. The highest BCUT2D eigenvalue weighted by atomic mass is 35.5. The van der Waals surface area contributed by atoms with E-state index < -0.39 is 71.8 Å². The molecule has 0 atom stereocenters. The third-order valence-electron chi connectivity index (χ3n) is 6.89. The van der Waals surface area contributed by atoms with Crippen molar-refractivity contribution in [3.05, 3.63) is 85.6 Å². The minimum absolute atomic E-state index is 0.0771. The fourth-order valence-corrected chi connectivity index (χ4v) is 6.03. The molecule has 224 valence electrons. The molecule has 0 bridgehead atoms. The molecule has 1 fully saturated rings. The highest BCUT2D eigenvalue weighted by molar-refractivity contribution is 6.42. The van der Waals surface area contributed by atoms with Gasteiger partial charge in [0.15, 0.2) is 11.5 Å². The molecule has 0 spiro atoms. The van der Waals surface area contributed by atoms with Crippen molar-refractivity contribution in [3.8, 4) is 0 Å². The van der Waals surface area contributed by atoms with Crippen LogP contribution in [0.5, 0.6) is 0 Å². The maximum Gasteiger partial charge on any atom is 0.433 e. The van der Waals surface area contributed by atoms with Gasteiger partial charge in [-0.25, -0.2) is 8.78 Å². The Morgan fingerprint density at radius 2 is 1.52 bits per heavy atom. The number of ketones is 1. The van der Waals surface area contributed by atoms with E-state index in [2.05, 4.69) is 5.10 Å². The highest BCUT2D eigenvalue weighted by Crippen LogP contribution is 2.39. The fourth-order valence-electron chi connectivity index (χ4n) is 5.00. The zero-order valence-electron chi connectivity index (χ0n) is 21.4. The number of carboxylic acids is 1. The lowest BCUT2D eigenvalue weighted by atomic mass is 9.86. The van der Waals surface area contributed by atoms with Crippen LogP contribution in [-0.2, 0) is 17.5 Å². The third-order valence-corrected chi connectivity index (χ3v) is 7.70. The first-order valence-corrected chi connectivity index (χ1v) is 13.6. The standard InChI is InChI=1S/C27H21Cl3F5N3O4/c28-15-7-20(29)23(21(30)8-15)22(39)12-37(11-13-5-16(31)9-17(32)6-13)25(40)19-10-36-38(24(19)27(33,34)35)18-3-1-14(2-4-18)26(41)42/h5-10,14,18H,1-4,11-12H2,(H,41,42). The lowest BCUT2D eigenvalue weighted by Crippen LogP contribution is -2.37. The summed E-state index contributed by atoms with van der Waals surface area (Å²) in [5.74, 6) is -5.93. The van der Waals surface area contributed by atoms with E-state index in [9.17, 15) is 41.4 Å². The molecule has 0 unspecified atom stereocenters. The van der Waals surface area contributed by atoms with Gasteiger partial charge in [0, 0.05) is 17.6 Å². The summed E-state index contributed by atoms with van der Waals surface area (Å²) in [6, 6.07) is 3.88. The summed E-state index contributed by atoms with van der Waals surface area (Å²) in [5.41, 5.74) is -2.69. The largest absolute Gasteiger partial charge is 0.481 e. The number of carboxylic acid groups (broad SMARTS) is 1. The van der Waals surface area contributed by atoms with Gasteiger partial charge in [-0.2, -0.15) is 18.3 Å². The summed E-state index contributed by atoms with van der Waals surface area (Å²) >= 11 is 18.1. The number of nitrogens with zero attached hydrogens (tertiary/aromatic N) is 3. The molecule has 15 heteroatoms. The molecule has 0 saturated heterocycles. The number of halogens is 8. The minimum atomic E-state index is -5.07. The predicted molar refractivity (Wildman–Crippen MR) is 143 cm³/mol. The van der Waals surface area contributed by atoms with Crippen LogP contribution in [0.1, 0.15) is 63.7 Å². The fraction of sp³-hybridized carbons (Fsp3) is 0.333. The van der Waals surface area contributed by atoms with Crippen molar-refractivity contribution in [1.29, 1.82) is 0 Å². The molecule has 1 aliphatic rings. The molecular weight excluding hydrogens is 632 g/mol. The Morgan fingerprint density at radius 1 is 0.952 bits per heavy atom. The monoisotopic (exact) mass is 651 g/mol. The maximum atomic E-state index is 14.4. The Hall–Kier alpha value is -3.22. The van der Waals surface area contributed by atoms with Crippen LogP contribution in [0.2, 0.25) is 15.1 Å². The van der Waals surface area contributed by atoms with E-state index in [-0.39, 0.29) is 51.9 Å². The van der Waals surface area contributed by atoms with E-state index in [0.29, 0.717) is 21.8 Å². The summed E-state index contributed by atoms with van der Waals surface area (Å²) in [5, 5.41) is 12.8. The zero-order chi connectivity index (χ0) is 30.9. The summed E-state index contributed by atoms with van der Waals surface area (Å²) in [4.78, 5) is 38.9. The van der Waals surface area contributed by atoms with Gasteiger partial charge in [0.25, 0.3) is 5.91 Å². The number of aromatic nitrogens is 2. The summed E-state index contributed by atoms with van der Waals surface area (Å²) in [7, 11) is 0. The van der Waals surface area contributed by atoms with Crippen LogP contribution < -0.4 is 0 Å². The highest BCUT2D eigenvalue weighted by Gasteiger charge is 2.43. The van der Waals surface area contributed by atoms with Crippen LogP contribution >= 0.6 is 34.8 Å². The van der Waals surface area contributed by atoms with Gasteiger partial charge in [-0.3, -0.25) is 19.1 Å². The van der Waals surface area contributed by atoms with E-state index in [0.717, 1.165) is 12.1 Å². The number of hydrogen-bond donors (Lipinski definition) is 1. The summed E-state index contributed by atoms with van der Waals surface area (Å²) in [6.45, 7) is -1.53. The van der Waals surface area contributed by atoms with Gasteiger partial charge >= 0.3 is 12.1 Å². The lowest BCUT2D eigenvalue weighted by Gasteiger charge is -2.28. The second kappa shape index (κ2) is 12.6. The van der Waals surface area contributed by atoms with Gasteiger partial charge < -0.3 is 10.0 Å². The van der Waals surface area contributed by atoms with E-state index in [4.69, 9.17) is 34.8 Å². The third kappa shape index (κ3) is 7.04. The molecule has 4 rings (SSSR count). The van der Waals surface area contributed by atoms with Crippen LogP contribution in [0.4, 0.5) is 22.0 Å². The van der Waals surface area contributed by atoms with Crippen LogP contribution in [-0.4, -0.2) is 44.0 Å². The first-order chi connectivity index (χ1) is 19.6. The van der Waals surface area contributed by atoms with Gasteiger partial charge in [-0.15, -0.1) is 0 Å². The molecule has 1 aromatic heterocycles. The van der Waals surface area contributed by atoms with Crippen LogP contribution in [0.3, 0.4) is 0 Å². The maximum absolute atomic E-state index is 14.4. The van der Waals surface area contributed by atoms with E-state index >= 15 is 0 Å². The second-order valence-electron chi connectivity index (χ2n) is 9.80. The quantitative estimate of drug-likeness (QED) is 0.201. The van der Waals surface area contributed by atoms with Crippen molar-refractivity contribution < 1.29 is 41.4 Å². The van der Waals surface area contributed by atoms with Gasteiger partial charge in [0.2, 0.25) is 0 Å². The first-order valence-electron chi connectivity index (χ1n) is 12.4. The van der Waals surface area contributed by atoms with Crippen LogP contribution in [0, 0.1) is 17.6 Å². The smallest absolute Gasteiger partial charge is 0.433 e. The molecule has 3 aromatic rings. The molecule has 1 amide bonds. The van der Waals surface area contributed by atoms with Gasteiger partial charge in [0.1, 0.15) is 11.6 Å². The van der Waals surface area contributed by atoms with E-state index in [1.165, 1.54) is 12.1 Å². The number of aliphatic carboxylic acids is 1. The summed E-state index contributed by atoms with van der Waals surface area (Å²) < 4.78 is 71.7. The number of carbonyl (C=O) groups excluding carboxylic acids is 2. The van der Waals surface area contributed by atoms with Crippen LogP contribution in [0.25, 0.3) is 0 Å². The number of alkyl halides is 3. The molecule has 1 saturated carbocycles. The number of rotatable bonds is 8. The number of amides is 1. The zero-order valence-corrected chi connectivity index (χ0v) is 23.7. The number of carbonyl (C=O) groups is 3. The molecule has 0 radical (unpaired) electrons. The Labute approximate surface area is 250 Å². The van der Waals surface area contributed by atoms with Gasteiger partial charge in [-0.1, -0.05) is 34.8 Å². The average molecular weight is 653 g/mol. The Balaban J connectivity index is 1.73.